The third-order valence-corrected chi connectivity index (χ3v) is 5.76. The number of nitro groups is 1. The first kappa shape index (κ1) is 15.9. The molecule has 1 unspecified atom stereocenters. The number of hydrogen-bond donors (Lipinski definition) is 0. The maximum atomic E-state index is 11.5. The van der Waals surface area contributed by atoms with E-state index in [4.69, 9.17) is 4.99 Å². The highest BCUT2D eigenvalue weighted by Crippen LogP contribution is 2.42. The number of fused-ring (bicyclic) bond motifs is 2. The highest BCUT2D eigenvalue weighted by Gasteiger charge is 2.29. The van der Waals surface area contributed by atoms with Crippen molar-refractivity contribution in [3.63, 3.8) is 0 Å². The Balaban J connectivity index is 1.76. The summed E-state index contributed by atoms with van der Waals surface area (Å²) in [5.41, 5.74) is 4.82. The number of allylic oxidation sites excluding steroid dienone is 4. The van der Waals surface area contributed by atoms with Gasteiger partial charge in [-0.15, -0.1) is 11.3 Å². The minimum atomic E-state index is -0.325. The Kier molecular flexibility index (Phi) is 3.62. The van der Waals surface area contributed by atoms with Crippen LogP contribution in [0.15, 0.2) is 88.9 Å². The van der Waals surface area contributed by atoms with Crippen LogP contribution in [0.3, 0.4) is 0 Å². The zero-order chi connectivity index (χ0) is 18.4. The van der Waals surface area contributed by atoms with Gasteiger partial charge in [-0.1, -0.05) is 48.5 Å². The number of nitro benzene ring substituents is 1. The van der Waals surface area contributed by atoms with Crippen LogP contribution in [0.4, 0.5) is 5.69 Å². The first-order valence-corrected chi connectivity index (χ1v) is 9.49. The zero-order valence-corrected chi connectivity index (χ0v) is 15.0. The van der Waals surface area contributed by atoms with Crippen molar-refractivity contribution < 1.29 is 4.92 Å². The molecule has 2 heterocycles. The summed E-state index contributed by atoms with van der Waals surface area (Å²) < 4.78 is 1.01. The molecule has 0 spiro atoms. The van der Waals surface area contributed by atoms with Crippen molar-refractivity contribution in [2.45, 2.75) is 5.92 Å². The first-order chi connectivity index (χ1) is 13.2. The van der Waals surface area contributed by atoms with Crippen molar-refractivity contribution in [1.82, 2.24) is 0 Å². The number of thiophene rings is 1. The quantitative estimate of drug-likeness (QED) is 0.512. The molecule has 5 heteroatoms. The Labute approximate surface area is 159 Å². The van der Waals surface area contributed by atoms with E-state index >= 15 is 0 Å². The van der Waals surface area contributed by atoms with Gasteiger partial charge in [0, 0.05) is 17.2 Å². The van der Waals surface area contributed by atoms with Crippen LogP contribution in [-0.2, 0) is 0 Å². The van der Waals surface area contributed by atoms with Crippen LogP contribution in [0, 0.1) is 10.1 Å². The fraction of sp³-hybridized carbons (Fsp3) is 0.0455. The number of nitrogens with zero attached hydrogens (tertiary/aromatic N) is 2. The van der Waals surface area contributed by atoms with E-state index in [1.54, 1.807) is 29.5 Å². The largest absolute Gasteiger partial charge is 0.277 e. The molecule has 1 aromatic heterocycles. The van der Waals surface area contributed by atoms with E-state index in [2.05, 4.69) is 29.7 Å². The lowest BCUT2D eigenvalue weighted by molar-refractivity contribution is -0.385. The zero-order valence-electron chi connectivity index (χ0n) is 14.2. The fourth-order valence-electron chi connectivity index (χ4n) is 3.76. The molecule has 130 valence electrons. The Morgan fingerprint density at radius 1 is 1.00 bits per heavy atom. The summed E-state index contributed by atoms with van der Waals surface area (Å²) in [5.74, 6) is 0.0145. The van der Waals surface area contributed by atoms with E-state index in [0.717, 1.165) is 26.7 Å². The second-order valence-corrected chi connectivity index (χ2v) is 7.37. The van der Waals surface area contributed by atoms with Crippen LogP contribution in [0.25, 0.3) is 11.1 Å². The molecular formula is C22H14N2O2S. The van der Waals surface area contributed by atoms with Gasteiger partial charge in [-0.3, -0.25) is 10.1 Å². The summed E-state index contributed by atoms with van der Waals surface area (Å²) in [7, 11) is 0. The second kappa shape index (κ2) is 6.14. The average molecular weight is 370 g/mol. The number of rotatable bonds is 3. The van der Waals surface area contributed by atoms with Gasteiger partial charge >= 0.3 is 0 Å². The molecular weight excluding hydrogens is 356 g/mol. The summed E-state index contributed by atoms with van der Waals surface area (Å²) in [6.45, 7) is 0. The van der Waals surface area contributed by atoms with Gasteiger partial charge in [0.1, 0.15) is 4.67 Å². The van der Waals surface area contributed by atoms with E-state index in [1.165, 1.54) is 5.57 Å². The van der Waals surface area contributed by atoms with E-state index in [0.29, 0.717) is 5.56 Å². The van der Waals surface area contributed by atoms with Crippen molar-refractivity contribution in [2.24, 2.45) is 4.99 Å². The minimum absolute atomic E-state index is 0.0145. The smallest absolute Gasteiger partial charge is 0.258 e. The monoisotopic (exact) mass is 370 g/mol. The average Bonchev–Trinajstić information content (AvgIpc) is 3.29. The van der Waals surface area contributed by atoms with Gasteiger partial charge in [0.25, 0.3) is 5.69 Å². The molecule has 5 rings (SSSR count). The first-order valence-electron chi connectivity index (χ1n) is 8.61. The van der Waals surface area contributed by atoms with Gasteiger partial charge < -0.3 is 0 Å². The van der Waals surface area contributed by atoms with Gasteiger partial charge in [-0.05, 0) is 40.3 Å². The van der Waals surface area contributed by atoms with Crippen molar-refractivity contribution >= 4 is 28.2 Å². The summed E-state index contributed by atoms with van der Waals surface area (Å²) in [6, 6.07) is 19.2. The summed E-state index contributed by atoms with van der Waals surface area (Å²) in [4.78, 5) is 16.0. The Bertz CT molecular complexity index is 1250. The van der Waals surface area contributed by atoms with Crippen molar-refractivity contribution in [3.8, 4) is 0 Å². The van der Waals surface area contributed by atoms with Gasteiger partial charge in [-0.25, -0.2) is 4.99 Å². The molecule has 1 aliphatic carbocycles. The molecule has 3 aromatic rings. The predicted octanol–water partition coefficient (Wildman–Crippen LogP) is 4.21. The van der Waals surface area contributed by atoms with Crippen molar-refractivity contribution in [3.05, 3.63) is 115 Å². The molecule has 0 saturated heterocycles. The van der Waals surface area contributed by atoms with Crippen LogP contribution >= 0.6 is 11.3 Å². The molecule has 2 aromatic carbocycles. The van der Waals surface area contributed by atoms with Crippen molar-refractivity contribution in [1.29, 1.82) is 0 Å². The van der Waals surface area contributed by atoms with Crippen LogP contribution in [0.1, 0.15) is 17.0 Å². The Hall–Kier alpha value is -3.31. The van der Waals surface area contributed by atoms with E-state index in [1.807, 2.05) is 30.3 Å². The lowest BCUT2D eigenvalue weighted by Gasteiger charge is -2.22. The Morgan fingerprint density at radius 3 is 2.59 bits per heavy atom. The molecule has 0 fully saturated rings. The third-order valence-electron chi connectivity index (χ3n) is 4.95. The lowest BCUT2D eigenvalue weighted by Crippen LogP contribution is -2.19. The highest BCUT2D eigenvalue weighted by molar-refractivity contribution is 7.07. The normalized spacial score (nSPS) is 17.5. The standard InChI is InChI=1S/C22H14N2O2S/c25-24(26)20-9-5-4-8-16(20)15-12-18(14-6-2-1-3-7-14)21-17-10-11-27-22(17)23-19(21)13-15/h1-13,18H. The molecule has 0 bridgehead atoms. The van der Waals surface area contributed by atoms with Crippen LogP contribution < -0.4 is 9.89 Å². The van der Waals surface area contributed by atoms with Crippen LogP contribution in [0.2, 0.25) is 0 Å². The maximum absolute atomic E-state index is 11.5. The molecule has 2 aliphatic rings. The van der Waals surface area contributed by atoms with Crippen LogP contribution in [0.5, 0.6) is 0 Å². The molecule has 27 heavy (non-hydrogen) atoms. The van der Waals surface area contributed by atoms with Gasteiger partial charge in [0.05, 0.1) is 16.2 Å². The SMILES string of the molecule is O=[N+]([O-])c1ccccc1C1=CC(c2ccccc2)C2=c3ccsc3=NC2=C1. The third kappa shape index (κ3) is 2.55. The van der Waals surface area contributed by atoms with E-state index in [-0.39, 0.29) is 16.5 Å². The molecule has 4 nitrogen and oxygen atoms in total. The molecule has 1 atom stereocenters. The minimum Gasteiger partial charge on any atom is -0.258 e. The van der Waals surface area contributed by atoms with Crippen molar-refractivity contribution in [2.75, 3.05) is 0 Å². The maximum Gasteiger partial charge on any atom is 0.277 e. The number of hydrogen-bond acceptors (Lipinski definition) is 4. The molecule has 1 aliphatic heterocycles. The second-order valence-electron chi connectivity index (χ2n) is 6.48. The molecule has 0 radical (unpaired) electrons. The molecule has 0 saturated carbocycles. The van der Waals surface area contributed by atoms with E-state index in [9.17, 15) is 10.1 Å². The highest BCUT2D eigenvalue weighted by atomic mass is 32.1. The fourth-order valence-corrected chi connectivity index (χ4v) is 4.55. The van der Waals surface area contributed by atoms with Gasteiger partial charge in [0.2, 0.25) is 0 Å². The number of benzene rings is 2. The van der Waals surface area contributed by atoms with E-state index < -0.39 is 0 Å². The summed E-state index contributed by atoms with van der Waals surface area (Å²) in [5, 5.41) is 14.7. The number of para-hydroxylation sites is 1. The topological polar surface area (TPSA) is 55.5 Å². The Morgan fingerprint density at radius 2 is 1.78 bits per heavy atom. The predicted molar refractivity (Wildman–Crippen MR) is 107 cm³/mol. The van der Waals surface area contributed by atoms with Gasteiger partial charge in [0.15, 0.2) is 0 Å². The van der Waals surface area contributed by atoms with Crippen LogP contribution in [-0.4, -0.2) is 4.92 Å². The lowest BCUT2D eigenvalue weighted by atomic mass is 9.81. The molecule has 0 N–H and O–H groups in total. The van der Waals surface area contributed by atoms with Gasteiger partial charge in [-0.2, -0.15) is 0 Å². The molecule has 0 amide bonds. The summed E-state index contributed by atoms with van der Waals surface area (Å²) in [6.07, 6.45) is 4.10. The summed E-state index contributed by atoms with van der Waals surface area (Å²) >= 11 is 1.62.